The van der Waals surface area contributed by atoms with Gasteiger partial charge >= 0.3 is 0 Å². The van der Waals surface area contributed by atoms with Crippen molar-refractivity contribution in [1.29, 1.82) is 0 Å². The Bertz CT molecular complexity index is 471. The number of rotatable bonds is 5. The number of thioether (sulfide) groups is 1. The summed E-state index contributed by atoms with van der Waals surface area (Å²) in [6.07, 6.45) is 0. The summed E-state index contributed by atoms with van der Waals surface area (Å²) in [5.74, 6) is 0.561. The molecule has 114 valence electrons. The average Bonchev–Trinajstić information content (AvgIpc) is 2.39. The fraction of sp³-hybridized carbons (Fsp3) is 0.500. The molecule has 6 heteroatoms. The minimum atomic E-state index is 0. The Labute approximate surface area is 140 Å². The van der Waals surface area contributed by atoms with Crippen LogP contribution in [-0.4, -0.2) is 36.2 Å². The van der Waals surface area contributed by atoms with Gasteiger partial charge in [-0.1, -0.05) is 15.9 Å². The molecule has 0 saturated heterocycles. The number of nitrogens with zero attached hydrogens (tertiary/aromatic N) is 1. The molecule has 0 bridgehead atoms. The second kappa shape index (κ2) is 8.93. The third-order valence-corrected chi connectivity index (χ3v) is 5.20. The first-order valence-electron chi connectivity index (χ1n) is 6.22. The molecule has 0 fully saturated rings. The van der Waals surface area contributed by atoms with Gasteiger partial charge in [-0.25, -0.2) is 0 Å². The number of hydrogen-bond donors (Lipinski definition) is 1. The summed E-state index contributed by atoms with van der Waals surface area (Å²) >= 11 is 5.09. The van der Waals surface area contributed by atoms with Crippen molar-refractivity contribution >= 4 is 46.0 Å². The molecular formula is C14H22BrClN2OS. The first-order valence-corrected chi connectivity index (χ1v) is 8.00. The summed E-state index contributed by atoms with van der Waals surface area (Å²) in [6.45, 7) is 6.56. The highest BCUT2D eigenvalue weighted by molar-refractivity contribution is 9.10. The maximum Gasteiger partial charge on any atom is 0.232 e. The normalized spacial score (nSPS) is 11.7. The van der Waals surface area contributed by atoms with Crippen LogP contribution in [0.5, 0.6) is 0 Å². The maximum atomic E-state index is 12.0. The van der Waals surface area contributed by atoms with Gasteiger partial charge in [-0.2, -0.15) is 0 Å². The number of carbonyl (C=O) groups is 1. The van der Waals surface area contributed by atoms with Gasteiger partial charge in [0.1, 0.15) is 0 Å². The van der Waals surface area contributed by atoms with E-state index >= 15 is 0 Å². The Balaban J connectivity index is 0.00000361. The Morgan fingerprint density at radius 3 is 2.55 bits per heavy atom. The molecule has 1 amide bonds. The summed E-state index contributed by atoms with van der Waals surface area (Å²) in [6, 6.07) is 4.29. The molecule has 20 heavy (non-hydrogen) atoms. The molecule has 1 aromatic carbocycles. The molecule has 2 N–H and O–H groups in total. The van der Waals surface area contributed by atoms with E-state index in [-0.39, 0.29) is 24.4 Å². The highest BCUT2D eigenvalue weighted by Crippen LogP contribution is 2.28. The van der Waals surface area contributed by atoms with Crippen LogP contribution in [0.15, 0.2) is 21.5 Å². The molecule has 3 nitrogen and oxygen atoms in total. The molecule has 1 unspecified atom stereocenters. The van der Waals surface area contributed by atoms with Crippen LogP contribution >= 0.6 is 40.1 Å². The van der Waals surface area contributed by atoms with Crippen molar-refractivity contribution in [2.24, 2.45) is 5.73 Å². The molecule has 1 atom stereocenters. The molecule has 0 saturated carbocycles. The van der Waals surface area contributed by atoms with E-state index in [1.165, 1.54) is 11.1 Å². The number of carbonyl (C=O) groups excluding carboxylic acids is 1. The predicted octanol–water partition coefficient (Wildman–Crippen LogP) is 3.39. The lowest BCUT2D eigenvalue weighted by molar-refractivity contribution is -0.128. The van der Waals surface area contributed by atoms with Gasteiger partial charge in [-0.15, -0.1) is 24.2 Å². The van der Waals surface area contributed by atoms with Crippen LogP contribution in [0.25, 0.3) is 0 Å². The zero-order chi connectivity index (χ0) is 14.6. The van der Waals surface area contributed by atoms with E-state index in [9.17, 15) is 4.79 Å². The zero-order valence-corrected chi connectivity index (χ0v) is 15.5. The number of hydrogen-bond acceptors (Lipinski definition) is 3. The van der Waals surface area contributed by atoms with E-state index in [1.54, 1.807) is 23.7 Å². The van der Waals surface area contributed by atoms with Gasteiger partial charge in [0, 0.05) is 29.0 Å². The molecule has 1 rings (SSSR count). The lowest BCUT2D eigenvalue weighted by Gasteiger charge is -2.23. The lowest BCUT2D eigenvalue weighted by atomic mass is 10.2. The quantitative estimate of drug-likeness (QED) is 0.795. The standard InChI is InChI=1S/C14H21BrN2OS.ClH/c1-9-6-13(10(2)5-12(9)15)19-8-14(18)17(4)11(3)7-16;/h5-6,11H,7-8,16H2,1-4H3;1H. The molecule has 0 aromatic heterocycles. The molecule has 0 aliphatic carbocycles. The van der Waals surface area contributed by atoms with Gasteiger partial charge in [0.05, 0.1) is 5.75 Å². The molecule has 0 aliphatic heterocycles. The first kappa shape index (κ1) is 19.8. The van der Waals surface area contributed by atoms with Gasteiger partial charge in [0.25, 0.3) is 0 Å². The number of benzene rings is 1. The monoisotopic (exact) mass is 380 g/mol. The smallest absolute Gasteiger partial charge is 0.232 e. The van der Waals surface area contributed by atoms with Crippen molar-refractivity contribution in [1.82, 2.24) is 4.90 Å². The van der Waals surface area contributed by atoms with Crippen LogP contribution in [-0.2, 0) is 4.79 Å². The van der Waals surface area contributed by atoms with Crippen molar-refractivity contribution in [3.05, 3.63) is 27.7 Å². The molecule has 1 aromatic rings. The van der Waals surface area contributed by atoms with E-state index < -0.39 is 0 Å². The van der Waals surface area contributed by atoms with Gasteiger partial charge < -0.3 is 10.6 Å². The lowest BCUT2D eigenvalue weighted by Crippen LogP contribution is -2.40. The topological polar surface area (TPSA) is 46.3 Å². The average molecular weight is 382 g/mol. The largest absolute Gasteiger partial charge is 0.341 e. The van der Waals surface area contributed by atoms with E-state index in [0.29, 0.717) is 12.3 Å². The fourth-order valence-electron chi connectivity index (χ4n) is 1.56. The van der Waals surface area contributed by atoms with Gasteiger partial charge in [0.15, 0.2) is 0 Å². The zero-order valence-electron chi connectivity index (χ0n) is 12.3. The highest BCUT2D eigenvalue weighted by atomic mass is 79.9. The van der Waals surface area contributed by atoms with Crippen LogP contribution in [0.3, 0.4) is 0 Å². The minimum Gasteiger partial charge on any atom is -0.341 e. The van der Waals surface area contributed by atoms with E-state index in [1.807, 2.05) is 6.92 Å². The van der Waals surface area contributed by atoms with Crippen molar-refractivity contribution in [3.8, 4) is 0 Å². The number of aryl methyl sites for hydroxylation is 2. The molecule has 0 spiro atoms. The van der Waals surface area contributed by atoms with Crippen LogP contribution in [0.4, 0.5) is 0 Å². The summed E-state index contributed by atoms with van der Waals surface area (Å²) in [5, 5.41) is 0. The number of halogens is 2. The second-order valence-electron chi connectivity index (χ2n) is 4.74. The summed E-state index contributed by atoms with van der Waals surface area (Å²) in [5.41, 5.74) is 7.94. The Hall–Kier alpha value is -0.230. The molecular weight excluding hydrogens is 360 g/mol. The third kappa shape index (κ3) is 5.28. The predicted molar refractivity (Wildman–Crippen MR) is 92.9 cm³/mol. The van der Waals surface area contributed by atoms with Crippen molar-refractivity contribution in [2.45, 2.75) is 31.7 Å². The summed E-state index contributed by atoms with van der Waals surface area (Å²) in [4.78, 5) is 14.9. The van der Waals surface area contributed by atoms with E-state index in [4.69, 9.17) is 5.73 Å². The van der Waals surface area contributed by atoms with E-state index in [0.717, 1.165) is 9.37 Å². The Morgan fingerprint density at radius 1 is 1.40 bits per heavy atom. The number of amides is 1. The number of likely N-dealkylation sites (N-methyl/N-ethyl adjacent to an activating group) is 1. The Kier molecular flexibility index (Phi) is 8.82. The Morgan fingerprint density at radius 2 is 2.00 bits per heavy atom. The van der Waals surface area contributed by atoms with Crippen molar-refractivity contribution in [3.63, 3.8) is 0 Å². The third-order valence-electron chi connectivity index (χ3n) is 3.20. The SMILES string of the molecule is Cc1cc(SCC(=O)N(C)C(C)CN)c(C)cc1Br.Cl. The highest BCUT2D eigenvalue weighted by Gasteiger charge is 2.15. The number of nitrogens with two attached hydrogens (primary N) is 1. The first-order chi connectivity index (χ1) is 8.86. The second-order valence-corrected chi connectivity index (χ2v) is 6.62. The van der Waals surface area contributed by atoms with Crippen LogP contribution in [0.1, 0.15) is 18.1 Å². The van der Waals surface area contributed by atoms with Crippen LogP contribution in [0, 0.1) is 13.8 Å². The van der Waals surface area contributed by atoms with Crippen LogP contribution < -0.4 is 5.73 Å². The molecule has 0 aliphatic rings. The maximum absolute atomic E-state index is 12.0. The summed E-state index contributed by atoms with van der Waals surface area (Å²) in [7, 11) is 1.81. The van der Waals surface area contributed by atoms with Crippen molar-refractivity contribution < 1.29 is 4.79 Å². The molecule has 0 heterocycles. The van der Waals surface area contributed by atoms with Gasteiger partial charge in [0.2, 0.25) is 5.91 Å². The van der Waals surface area contributed by atoms with Gasteiger partial charge in [-0.05, 0) is 44.0 Å². The fourth-order valence-corrected chi connectivity index (χ4v) is 3.04. The van der Waals surface area contributed by atoms with Crippen LogP contribution in [0.2, 0.25) is 0 Å². The van der Waals surface area contributed by atoms with E-state index in [2.05, 4.69) is 41.9 Å². The van der Waals surface area contributed by atoms with Gasteiger partial charge in [-0.3, -0.25) is 4.79 Å². The summed E-state index contributed by atoms with van der Waals surface area (Å²) < 4.78 is 1.11. The molecule has 0 radical (unpaired) electrons. The van der Waals surface area contributed by atoms with Crippen molar-refractivity contribution in [2.75, 3.05) is 19.3 Å². The minimum absolute atomic E-state index is 0.